The van der Waals surface area contributed by atoms with E-state index in [0.717, 1.165) is 39.6 Å². The highest BCUT2D eigenvalue weighted by molar-refractivity contribution is 5.99. The van der Waals surface area contributed by atoms with Gasteiger partial charge in [-0.1, -0.05) is 66.2 Å². The normalized spacial score (nSPS) is 11.7. The Kier molecular flexibility index (Phi) is 4.23. The van der Waals surface area contributed by atoms with Gasteiger partial charge in [0.05, 0.1) is 5.56 Å². The molecule has 4 rings (SSSR count). The Balaban J connectivity index is 1.90. The van der Waals surface area contributed by atoms with Gasteiger partial charge >= 0.3 is 6.18 Å². The summed E-state index contributed by atoms with van der Waals surface area (Å²) in [4.78, 5) is 0. The summed E-state index contributed by atoms with van der Waals surface area (Å²) in [5.74, 6) is 0. The molecule has 0 bridgehead atoms. The molecule has 0 aromatic heterocycles. The van der Waals surface area contributed by atoms with E-state index < -0.39 is 11.7 Å². The molecule has 0 aliphatic carbocycles. The fourth-order valence-electron chi connectivity index (χ4n) is 3.19. The molecule has 0 nitrogen and oxygen atoms in total. The summed E-state index contributed by atoms with van der Waals surface area (Å²) >= 11 is 0. The first kappa shape index (κ1) is 17.3. The summed E-state index contributed by atoms with van der Waals surface area (Å²) in [6.07, 6.45) is -4.34. The van der Waals surface area contributed by atoms with Gasteiger partial charge in [-0.3, -0.25) is 0 Å². The molecule has 0 unspecified atom stereocenters. The van der Waals surface area contributed by atoms with Crippen LogP contribution in [-0.4, -0.2) is 0 Å². The van der Waals surface area contributed by atoms with Crippen LogP contribution in [0.5, 0.6) is 0 Å². The standard InChI is InChI=1S/C24H16F3/c1-16-6-8-17(9-7-16)20-14-19-4-2-3-5-22(19)23(15-20)18-10-12-21(13-11-18)24(25,26)27/h2-14H,1H3. The second kappa shape index (κ2) is 6.58. The van der Waals surface area contributed by atoms with Gasteiger partial charge in [0.25, 0.3) is 0 Å². The van der Waals surface area contributed by atoms with E-state index in [4.69, 9.17) is 0 Å². The van der Waals surface area contributed by atoms with Gasteiger partial charge in [0.1, 0.15) is 0 Å². The Morgan fingerprint density at radius 3 is 2.04 bits per heavy atom. The fourth-order valence-corrected chi connectivity index (χ4v) is 3.19. The first-order valence-electron chi connectivity index (χ1n) is 8.61. The largest absolute Gasteiger partial charge is 0.416 e. The lowest BCUT2D eigenvalue weighted by atomic mass is 9.92. The zero-order valence-electron chi connectivity index (χ0n) is 14.6. The van der Waals surface area contributed by atoms with Crippen molar-refractivity contribution in [3.8, 4) is 22.3 Å². The van der Waals surface area contributed by atoms with Crippen molar-refractivity contribution >= 4 is 10.8 Å². The minimum atomic E-state index is -4.34. The molecule has 0 aliphatic heterocycles. The van der Waals surface area contributed by atoms with Crippen molar-refractivity contribution in [1.82, 2.24) is 0 Å². The van der Waals surface area contributed by atoms with E-state index in [1.165, 1.54) is 17.7 Å². The van der Waals surface area contributed by atoms with Gasteiger partial charge < -0.3 is 0 Å². The molecule has 4 aromatic rings. The number of alkyl halides is 3. The Bertz CT molecular complexity index is 1090. The summed E-state index contributed by atoms with van der Waals surface area (Å²) < 4.78 is 38.7. The van der Waals surface area contributed by atoms with Crippen LogP contribution in [0.2, 0.25) is 0 Å². The van der Waals surface area contributed by atoms with Gasteiger partial charge in [0, 0.05) is 0 Å². The molecule has 3 heteroatoms. The van der Waals surface area contributed by atoms with Gasteiger partial charge in [0.2, 0.25) is 0 Å². The van der Waals surface area contributed by atoms with E-state index in [-0.39, 0.29) is 0 Å². The molecule has 0 spiro atoms. The molecule has 0 N–H and O–H groups in total. The van der Waals surface area contributed by atoms with Crippen LogP contribution in [0.15, 0.2) is 78.9 Å². The summed E-state index contributed by atoms with van der Waals surface area (Å²) in [5, 5.41) is 2.00. The maximum Gasteiger partial charge on any atom is 0.416 e. The summed E-state index contributed by atoms with van der Waals surface area (Å²) in [5.41, 5.74) is 3.99. The van der Waals surface area contributed by atoms with Crippen LogP contribution < -0.4 is 0 Å². The first-order valence-corrected chi connectivity index (χ1v) is 8.61. The zero-order valence-corrected chi connectivity index (χ0v) is 14.6. The minimum Gasteiger partial charge on any atom is -0.166 e. The predicted octanol–water partition coefficient (Wildman–Crippen LogP) is 7.30. The molecule has 0 aliphatic rings. The number of rotatable bonds is 2. The molecule has 1 radical (unpaired) electrons. The van der Waals surface area contributed by atoms with Crippen molar-refractivity contribution in [2.45, 2.75) is 13.1 Å². The highest BCUT2D eigenvalue weighted by Gasteiger charge is 2.30. The van der Waals surface area contributed by atoms with E-state index in [9.17, 15) is 13.2 Å². The van der Waals surface area contributed by atoms with Crippen LogP contribution in [0, 0.1) is 13.0 Å². The quantitative estimate of drug-likeness (QED) is 0.351. The van der Waals surface area contributed by atoms with Crippen molar-refractivity contribution in [1.29, 1.82) is 0 Å². The third kappa shape index (κ3) is 3.45. The average molecular weight is 361 g/mol. The number of halogens is 3. The van der Waals surface area contributed by atoms with E-state index in [0.29, 0.717) is 5.56 Å². The number of benzene rings is 4. The Morgan fingerprint density at radius 2 is 1.37 bits per heavy atom. The average Bonchev–Trinajstić information content (AvgIpc) is 2.67. The van der Waals surface area contributed by atoms with Crippen molar-refractivity contribution in [2.24, 2.45) is 0 Å². The second-order valence-electron chi connectivity index (χ2n) is 6.59. The van der Waals surface area contributed by atoms with Gasteiger partial charge in [-0.15, -0.1) is 0 Å². The highest BCUT2D eigenvalue weighted by Crippen LogP contribution is 2.35. The summed E-state index contributed by atoms with van der Waals surface area (Å²) in [6.45, 7) is 2.03. The summed E-state index contributed by atoms with van der Waals surface area (Å²) in [6, 6.07) is 26.8. The minimum absolute atomic E-state index is 0.648. The number of fused-ring (bicyclic) bond motifs is 1. The predicted molar refractivity (Wildman–Crippen MR) is 103 cm³/mol. The smallest absolute Gasteiger partial charge is 0.166 e. The third-order valence-corrected chi connectivity index (χ3v) is 4.65. The van der Waals surface area contributed by atoms with Crippen LogP contribution in [0.1, 0.15) is 11.1 Å². The topological polar surface area (TPSA) is 0 Å². The number of aryl methyl sites for hydroxylation is 1. The molecule has 0 fully saturated rings. The van der Waals surface area contributed by atoms with Crippen LogP contribution in [0.4, 0.5) is 13.2 Å². The zero-order chi connectivity index (χ0) is 19.0. The summed E-state index contributed by atoms with van der Waals surface area (Å²) in [7, 11) is 0. The van der Waals surface area contributed by atoms with Gasteiger partial charge in [-0.25, -0.2) is 0 Å². The van der Waals surface area contributed by atoms with Crippen LogP contribution in [-0.2, 0) is 6.18 Å². The lowest BCUT2D eigenvalue weighted by Gasteiger charge is -2.12. The van der Waals surface area contributed by atoms with E-state index >= 15 is 0 Å². The lowest BCUT2D eigenvalue weighted by Crippen LogP contribution is -2.04. The van der Waals surface area contributed by atoms with Gasteiger partial charge in [-0.2, -0.15) is 13.2 Å². The molecule has 0 saturated carbocycles. The van der Waals surface area contributed by atoms with E-state index in [1.54, 1.807) is 0 Å². The first-order chi connectivity index (χ1) is 12.9. The SMILES string of the molecule is Cc1ccc(-c2[c]c(-c3ccc(C(F)(F)F)cc3)c3ccccc3c2)cc1. The monoisotopic (exact) mass is 361 g/mol. The van der Waals surface area contributed by atoms with E-state index in [1.807, 2.05) is 55.5 Å². The fraction of sp³-hybridized carbons (Fsp3) is 0.0833. The van der Waals surface area contributed by atoms with Gasteiger partial charge in [0.15, 0.2) is 0 Å². The molecular formula is C24H16F3. The Labute approximate surface area is 155 Å². The number of hydrogen-bond acceptors (Lipinski definition) is 0. The molecule has 27 heavy (non-hydrogen) atoms. The van der Waals surface area contributed by atoms with Crippen molar-refractivity contribution in [3.63, 3.8) is 0 Å². The lowest BCUT2D eigenvalue weighted by molar-refractivity contribution is -0.137. The second-order valence-corrected chi connectivity index (χ2v) is 6.59. The van der Waals surface area contributed by atoms with Crippen molar-refractivity contribution in [3.05, 3.63) is 96.1 Å². The van der Waals surface area contributed by atoms with Gasteiger partial charge in [-0.05, 0) is 64.2 Å². The van der Waals surface area contributed by atoms with Crippen LogP contribution >= 0.6 is 0 Å². The van der Waals surface area contributed by atoms with Crippen LogP contribution in [0.3, 0.4) is 0 Å². The Hall–Kier alpha value is -3.07. The number of hydrogen-bond donors (Lipinski definition) is 0. The molecule has 0 heterocycles. The molecule has 4 aromatic carbocycles. The maximum absolute atomic E-state index is 12.9. The van der Waals surface area contributed by atoms with Crippen molar-refractivity contribution in [2.75, 3.05) is 0 Å². The molecule has 0 saturated heterocycles. The van der Waals surface area contributed by atoms with Crippen LogP contribution in [0.25, 0.3) is 33.0 Å². The molecule has 0 amide bonds. The molecular weight excluding hydrogens is 345 g/mol. The highest BCUT2D eigenvalue weighted by atomic mass is 19.4. The molecule has 0 atom stereocenters. The molecule has 133 valence electrons. The maximum atomic E-state index is 12.9. The third-order valence-electron chi connectivity index (χ3n) is 4.65. The Morgan fingerprint density at radius 1 is 0.741 bits per heavy atom. The van der Waals surface area contributed by atoms with E-state index in [2.05, 4.69) is 12.1 Å². The van der Waals surface area contributed by atoms with Crippen molar-refractivity contribution < 1.29 is 13.2 Å².